The topological polar surface area (TPSA) is 133 Å². The molecule has 150 valence electrons. The molecule has 0 bridgehead atoms. The van der Waals surface area contributed by atoms with Crippen molar-refractivity contribution in [2.24, 2.45) is 11.7 Å². The Balaban J connectivity index is 2.39. The van der Waals surface area contributed by atoms with Crippen LogP contribution in [-0.2, 0) is 14.8 Å². The number of carbonyl (C=O) groups is 2. The Morgan fingerprint density at radius 2 is 2.04 bits per heavy atom. The fraction of sp³-hybridized carbons (Fsp3) is 0.529. The number of primary amides is 1. The van der Waals surface area contributed by atoms with Gasteiger partial charge in [0.25, 0.3) is 5.91 Å². The van der Waals surface area contributed by atoms with Crippen LogP contribution >= 0.6 is 0 Å². The predicted octanol–water partition coefficient (Wildman–Crippen LogP) is -0.321. The second kappa shape index (κ2) is 8.68. The summed E-state index contributed by atoms with van der Waals surface area (Å²) in [5, 5.41) is 11.9. The van der Waals surface area contributed by atoms with Crippen LogP contribution in [0.2, 0.25) is 0 Å². The Labute approximate surface area is 159 Å². The molecule has 0 aliphatic carbocycles. The molecule has 2 rings (SSSR count). The zero-order valence-corrected chi connectivity index (χ0v) is 16.3. The van der Waals surface area contributed by atoms with Crippen LogP contribution < -0.4 is 11.1 Å². The van der Waals surface area contributed by atoms with E-state index in [1.165, 1.54) is 31.1 Å². The van der Waals surface area contributed by atoms with Gasteiger partial charge in [-0.1, -0.05) is 0 Å². The number of hydrogen-bond donors (Lipinski definition) is 3. The van der Waals surface area contributed by atoms with Crippen LogP contribution in [0.5, 0.6) is 0 Å². The SMILES string of the molecule is CN(C)S(=O)(=O)c1cc(NCCO)cc(C(=O)N2CCCC(C(N)=O)C2)c1. The summed E-state index contributed by atoms with van der Waals surface area (Å²) in [6, 6.07) is 4.29. The average molecular weight is 398 g/mol. The first-order valence-electron chi connectivity index (χ1n) is 8.67. The normalized spacial score (nSPS) is 17.8. The van der Waals surface area contributed by atoms with Gasteiger partial charge in [0, 0.05) is 45.0 Å². The third kappa shape index (κ3) is 4.96. The highest BCUT2D eigenvalue weighted by Crippen LogP contribution is 2.24. The first kappa shape index (κ1) is 21.1. The zero-order valence-electron chi connectivity index (χ0n) is 15.5. The molecule has 10 heteroatoms. The molecule has 1 fully saturated rings. The van der Waals surface area contributed by atoms with Gasteiger partial charge in [-0.25, -0.2) is 12.7 Å². The van der Waals surface area contributed by atoms with Gasteiger partial charge < -0.3 is 21.1 Å². The Morgan fingerprint density at radius 3 is 2.63 bits per heavy atom. The van der Waals surface area contributed by atoms with Crippen LogP contribution in [0.25, 0.3) is 0 Å². The summed E-state index contributed by atoms with van der Waals surface area (Å²) in [5.41, 5.74) is 5.98. The highest BCUT2D eigenvalue weighted by molar-refractivity contribution is 7.89. The van der Waals surface area contributed by atoms with Gasteiger partial charge in [0.1, 0.15) is 0 Å². The van der Waals surface area contributed by atoms with Crippen LogP contribution in [0.3, 0.4) is 0 Å². The van der Waals surface area contributed by atoms with E-state index >= 15 is 0 Å². The Morgan fingerprint density at radius 1 is 1.33 bits per heavy atom. The molecule has 1 unspecified atom stereocenters. The molecule has 1 aliphatic rings. The van der Waals surface area contributed by atoms with Gasteiger partial charge in [-0.05, 0) is 31.0 Å². The van der Waals surface area contributed by atoms with Crippen LogP contribution in [0.15, 0.2) is 23.1 Å². The first-order valence-corrected chi connectivity index (χ1v) is 10.1. The molecule has 0 aromatic heterocycles. The van der Waals surface area contributed by atoms with Gasteiger partial charge >= 0.3 is 0 Å². The molecule has 0 spiro atoms. The summed E-state index contributed by atoms with van der Waals surface area (Å²) in [7, 11) is -0.930. The smallest absolute Gasteiger partial charge is 0.253 e. The van der Waals surface area contributed by atoms with Gasteiger partial charge in [0.15, 0.2) is 0 Å². The van der Waals surface area contributed by atoms with E-state index in [1.807, 2.05) is 0 Å². The van der Waals surface area contributed by atoms with Gasteiger partial charge in [0.05, 0.1) is 17.4 Å². The standard InChI is InChI=1S/C17H26N4O5S/c1-20(2)27(25,26)15-9-13(8-14(10-15)19-5-7-22)17(24)21-6-3-4-12(11-21)16(18)23/h8-10,12,19,22H,3-7,11H2,1-2H3,(H2,18,23). The number of aliphatic hydroxyl groups excluding tert-OH is 1. The van der Waals surface area contributed by atoms with Crippen LogP contribution in [0.4, 0.5) is 5.69 Å². The lowest BCUT2D eigenvalue weighted by molar-refractivity contribution is -0.123. The quantitative estimate of drug-likeness (QED) is 0.576. The number of piperidine rings is 1. The highest BCUT2D eigenvalue weighted by Gasteiger charge is 2.29. The van der Waals surface area contributed by atoms with E-state index < -0.39 is 21.8 Å². The van der Waals surface area contributed by atoms with Crippen molar-refractivity contribution in [3.05, 3.63) is 23.8 Å². The third-order valence-electron chi connectivity index (χ3n) is 4.48. The van der Waals surface area contributed by atoms with Gasteiger partial charge in [-0.15, -0.1) is 0 Å². The molecule has 1 heterocycles. The van der Waals surface area contributed by atoms with E-state index in [1.54, 1.807) is 6.07 Å². The van der Waals surface area contributed by atoms with Crippen LogP contribution in [-0.4, -0.2) is 74.9 Å². The van der Waals surface area contributed by atoms with E-state index in [2.05, 4.69) is 5.32 Å². The predicted molar refractivity (Wildman–Crippen MR) is 101 cm³/mol. The Kier molecular flexibility index (Phi) is 6.79. The van der Waals surface area contributed by atoms with Crippen molar-refractivity contribution in [3.8, 4) is 0 Å². The molecule has 1 aromatic rings. The lowest BCUT2D eigenvalue weighted by Gasteiger charge is -2.31. The number of nitrogens with zero attached hydrogens (tertiary/aromatic N) is 2. The van der Waals surface area contributed by atoms with Crippen LogP contribution in [0.1, 0.15) is 23.2 Å². The van der Waals surface area contributed by atoms with Gasteiger partial charge in [0.2, 0.25) is 15.9 Å². The van der Waals surface area contributed by atoms with Crippen molar-refractivity contribution in [1.29, 1.82) is 0 Å². The number of hydrogen-bond acceptors (Lipinski definition) is 6. The molecular formula is C17H26N4O5S. The third-order valence-corrected chi connectivity index (χ3v) is 6.28. The zero-order chi connectivity index (χ0) is 20.2. The maximum absolute atomic E-state index is 12.9. The Hall–Kier alpha value is -2.17. The number of likely N-dealkylation sites (tertiary alicyclic amines) is 1. The number of aliphatic hydroxyl groups is 1. The number of anilines is 1. The van der Waals surface area contributed by atoms with Crippen molar-refractivity contribution in [1.82, 2.24) is 9.21 Å². The molecule has 1 atom stereocenters. The molecule has 0 radical (unpaired) electrons. The highest BCUT2D eigenvalue weighted by atomic mass is 32.2. The molecule has 27 heavy (non-hydrogen) atoms. The second-order valence-corrected chi connectivity index (χ2v) is 8.83. The maximum Gasteiger partial charge on any atom is 0.253 e. The van der Waals surface area contributed by atoms with Crippen molar-refractivity contribution >= 4 is 27.5 Å². The summed E-state index contributed by atoms with van der Waals surface area (Å²) in [6.07, 6.45) is 1.29. The first-order chi connectivity index (χ1) is 12.7. The molecule has 2 amide bonds. The number of rotatable bonds is 7. The second-order valence-electron chi connectivity index (χ2n) is 6.68. The van der Waals surface area contributed by atoms with Crippen molar-refractivity contribution < 1.29 is 23.1 Å². The largest absolute Gasteiger partial charge is 0.395 e. The number of carbonyl (C=O) groups excluding carboxylic acids is 2. The lowest BCUT2D eigenvalue weighted by Crippen LogP contribution is -2.44. The fourth-order valence-corrected chi connectivity index (χ4v) is 3.93. The number of amides is 2. The molecule has 1 aliphatic heterocycles. The van der Waals surface area contributed by atoms with Crippen molar-refractivity contribution in [2.45, 2.75) is 17.7 Å². The van der Waals surface area contributed by atoms with Crippen molar-refractivity contribution in [3.63, 3.8) is 0 Å². The number of nitrogens with one attached hydrogen (secondary N) is 1. The summed E-state index contributed by atoms with van der Waals surface area (Å²) in [5.74, 6) is -1.20. The van der Waals surface area contributed by atoms with E-state index in [-0.39, 0.29) is 36.1 Å². The van der Waals surface area contributed by atoms with Gasteiger partial charge in [-0.3, -0.25) is 9.59 Å². The summed E-state index contributed by atoms with van der Waals surface area (Å²) < 4.78 is 26.1. The summed E-state index contributed by atoms with van der Waals surface area (Å²) in [4.78, 5) is 25.9. The minimum atomic E-state index is -3.75. The van der Waals surface area contributed by atoms with E-state index in [9.17, 15) is 18.0 Å². The molecular weight excluding hydrogens is 372 g/mol. The van der Waals surface area contributed by atoms with E-state index in [0.29, 0.717) is 25.1 Å². The molecule has 4 N–H and O–H groups in total. The molecule has 1 aromatic carbocycles. The van der Waals surface area contributed by atoms with Gasteiger partial charge in [-0.2, -0.15) is 0 Å². The average Bonchev–Trinajstić information content (AvgIpc) is 2.65. The number of nitrogens with two attached hydrogens (primary N) is 1. The fourth-order valence-electron chi connectivity index (χ4n) is 2.96. The number of benzene rings is 1. The van der Waals surface area contributed by atoms with Crippen LogP contribution in [0, 0.1) is 5.92 Å². The molecule has 1 saturated heterocycles. The minimum absolute atomic E-state index is 0.0257. The monoisotopic (exact) mass is 398 g/mol. The Bertz CT molecular complexity index is 810. The summed E-state index contributed by atoms with van der Waals surface area (Å²) >= 11 is 0. The van der Waals surface area contributed by atoms with E-state index in [4.69, 9.17) is 10.8 Å². The molecule has 0 saturated carbocycles. The van der Waals surface area contributed by atoms with Crippen molar-refractivity contribution in [2.75, 3.05) is 45.7 Å². The van der Waals surface area contributed by atoms with E-state index in [0.717, 1.165) is 4.31 Å². The minimum Gasteiger partial charge on any atom is -0.395 e. The number of sulfonamides is 1. The summed E-state index contributed by atoms with van der Waals surface area (Å²) in [6.45, 7) is 0.776. The lowest BCUT2D eigenvalue weighted by atomic mass is 9.97. The molecule has 9 nitrogen and oxygen atoms in total. The maximum atomic E-state index is 12.9.